The van der Waals surface area contributed by atoms with Crippen LogP contribution in [0.5, 0.6) is 0 Å². The number of nitrogens with one attached hydrogen (secondary N) is 2. The second-order valence-electron chi connectivity index (χ2n) is 3.28. The summed E-state index contributed by atoms with van der Waals surface area (Å²) in [4.78, 5) is 8.31. The van der Waals surface area contributed by atoms with Crippen molar-refractivity contribution >= 4 is 11.6 Å². The van der Waals surface area contributed by atoms with Crippen molar-refractivity contribution in [2.24, 2.45) is 0 Å². The van der Waals surface area contributed by atoms with E-state index in [4.69, 9.17) is 0 Å². The quantitative estimate of drug-likeness (QED) is 0.693. The predicted octanol–water partition coefficient (Wildman–Crippen LogP) is 0.0640. The maximum absolute atomic E-state index is 4.26. The van der Waals surface area contributed by atoms with E-state index in [-0.39, 0.29) is 0 Å². The van der Waals surface area contributed by atoms with Crippen LogP contribution in [-0.2, 0) is 0 Å². The molecule has 0 saturated carbocycles. The Bertz CT molecular complexity index is 449. The molecule has 2 heterocycles. The summed E-state index contributed by atoms with van der Waals surface area (Å²) in [5, 5.41) is 10.4. The van der Waals surface area contributed by atoms with E-state index in [1.54, 1.807) is 4.52 Å². The fourth-order valence-corrected chi connectivity index (χ4v) is 1.37. The number of aromatic nitrogens is 4. The van der Waals surface area contributed by atoms with E-state index < -0.39 is 0 Å². The van der Waals surface area contributed by atoms with Crippen molar-refractivity contribution in [2.75, 3.05) is 25.5 Å². The fourth-order valence-electron chi connectivity index (χ4n) is 1.37. The Morgan fingerprint density at radius 2 is 2.27 bits per heavy atom. The summed E-state index contributed by atoms with van der Waals surface area (Å²) in [6.45, 7) is 3.68. The highest BCUT2D eigenvalue weighted by Gasteiger charge is 2.03. The molecule has 2 aromatic heterocycles. The third-order valence-electron chi connectivity index (χ3n) is 2.06. The van der Waals surface area contributed by atoms with Crippen LogP contribution >= 0.6 is 0 Å². The number of nitrogens with zero attached hydrogens (tertiary/aromatic N) is 4. The fraction of sp³-hybridized carbons (Fsp3) is 0.444. The lowest BCUT2D eigenvalue weighted by Crippen LogP contribution is -2.19. The number of anilines is 1. The van der Waals surface area contributed by atoms with Gasteiger partial charge in [0.25, 0.3) is 5.78 Å². The van der Waals surface area contributed by atoms with Crippen molar-refractivity contribution in [1.82, 2.24) is 24.9 Å². The average molecular weight is 206 g/mol. The van der Waals surface area contributed by atoms with E-state index in [2.05, 4.69) is 25.7 Å². The zero-order chi connectivity index (χ0) is 10.7. The SMILES string of the molecule is CNCCNc1cc(C)nc2ncnn12. The van der Waals surface area contributed by atoms with Crippen molar-refractivity contribution in [1.29, 1.82) is 0 Å². The lowest BCUT2D eigenvalue weighted by molar-refractivity contribution is 0.812. The first kappa shape index (κ1) is 9.85. The van der Waals surface area contributed by atoms with E-state index in [0.717, 1.165) is 24.6 Å². The smallest absolute Gasteiger partial charge is 0.254 e. The van der Waals surface area contributed by atoms with Gasteiger partial charge in [0.1, 0.15) is 12.1 Å². The topological polar surface area (TPSA) is 67.1 Å². The number of aryl methyl sites for hydroxylation is 1. The van der Waals surface area contributed by atoms with Crippen LogP contribution in [0.3, 0.4) is 0 Å². The van der Waals surface area contributed by atoms with E-state index in [1.165, 1.54) is 6.33 Å². The Morgan fingerprint density at radius 1 is 1.40 bits per heavy atom. The molecule has 0 aliphatic rings. The van der Waals surface area contributed by atoms with Gasteiger partial charge in [-0.1, -0.05) is 0 Å². The monoisotopic (exact) mass is 206 g/mol. The van der Waals surface area contributed by atoms with Gasteiger partial charge in [-0.3, -0.25) is 0 Å². The summed E-state index contributed by atoms with van der Waals surface area (Å²) < 4.78 is 1.70. The molecule has 6 heteroatoms. The Labute approximate surface area is 87.7 Å². The molecule has 2 N–H and O–H groups in total. The second kappa shape index (κ2) is 4.22. The van der Waals surface area contributed by atoms with Gasteiger partial charge in [-0.05, 0) is 14.0 Å². The van der Waals surface area contributed by atoms with Crippen LogP contribution in [0.1, 0.15) is 5.69 Å². The highest BCUT2D eigenvalue weighted by molar-refractivity contribution is 5.44. The maximum atomic E-state index is 4.26. The zero-order valence-corrected chi connectivity index (χ0v) is 8.86. The van der Waals surface area contributed by atoms with Crippen molar-refractivity contribution in [3.63, 3.8) is 0 Å². The molecule has 6 nitrogen and oxygen atoms in total. The van der Waals surface area contributed by atoms with E-state index in [9.17, 15) is 0 Å². The lowest BCUT2D eigenvalue weighted by Gasteiger charge is -2.07. The normalized spacial score (nSPS) is 10.8. The Balaban J connectivity index is 2.27. The summed E-state index contributed by atoms with van der Waals surface area (Å²) in [6, 6.07) is 1.96. The van der Waals surface area contributed by atoms with Gasteiger partial charge in [-0.25, -0.2) is 4.98 Å². The number of rotatable bonds is 4. The van der Waals surface area contributed by atoms with Gasteiger partial charge in [0.05, 0.1) is 0 Å². The van der Waals surface area contributed by atoms with Crippen LogP contribution in [0.2, 0.25) is 0 Å². The van der Waals surface area contributed by atoms with Crippen LogP contribution < -0.4 is 10.6 Å². The largest absolute Gasteiger partial charge is 0.369 e. The van der Waals surface area contributed by atoms with E-state index in [1.807, 2.05) is 20.0 Å². The Morgan fingerprint density at radius 3 is 3.07 bits per heavy atom. The molecule has 2 rings (SSSR count). The van der Waals surface area contributed by atoms with Crippen LogP contribution in [-0.4, -0.2) is 39.7 Å². The standard InChI is InChI=1S/C9H14N6/c1-7-5-8(11-4-3-10-2)15-9(14-7)12-6-13-15/h5-6,10-11H,3-4H2,1-2H3. The molecule has 0 atom stereocenters. The molecule has 0 spiro atoms. The van der Waals surface area contributed by atoms with Crippen LogP contribution in [0.15, 0.2) is 12.4 Å². The first-order valence-electron chi connectivity index (χ1n) is 4.87. The zero-order valence-electron chi connectivity index (χ0n) is 8.86. The van der Waals surface area contributed by atoms with E-state index >= 15 is 0 Å². The maximum Gasteiger partial charge on any atom is 0.254 e. The minimum Gasteiger partial charge on any atom is -0.369 e. The first-order chi connectivity index (χ1) is 7.31. The minimum absolute atomic E-state index is 0.627. The highest BCUT2D eigenvalue weighted by Crippen LogP contribution is 2.09. The Hall–Kier alpha value is -1.69. The van der Waals surface area contributed by atoms with Crippen molar-refractivity contribution in [2.45, 2.75) is 6.92 Å². The molecule has 15 heavy (non-hydrogen) atoms. The number of hydrogen-bond donors (Lipinski definition) is 2. The first-order valence-corrected chi connectivity index (χ1v) is 4.87. The molecule has 0 saturated heterocycles. The summed E-state index contributed by atoms with van der Waals surface area (Å²) in [6.07, 6.45) is 1.50. The molecular formula is C9H14N6. The van der Waals surface area contributed by atoms with Gasteiger partial charge < -0.3 is 10.6 Å². The van der Waals surface area contributed by atoms with Crippen LogP contribution in [0.4, 0.5) is 5.82 Å². The summed E-state index contributed by atoms with van der Waals surface area (Å²) in [5.74, 6) is 1.55. The van der Waals surface area contributed by atoms with Gasteiger partial charge in [0.2, 0.25) is 0 Å². The molecule has 0 fully saturated rings. The van der Waals surface area contributed by atoms with Gasteiger partial charge >= 0.3 is 0 Å². The summed E-state index contributed by atoms with van der Waals surface area (Å²) >= 11 is 0. The molecule has 80 valence electrons. The number of likely N-dealkylation sites (N-methyl/N-ethyl adjacent to an activating group) is 1. The predicted molar refractivity (Wildman–Crippen MR) is 57.9 cm³/mol. The molecule has 0 aromatic carbocycles. The molecule has 0 bridgehead atoms. The van der Waals surface area contributed by atoms with Crippen LogP contribution in [0, 0.1) is 6.92 Å². The van der Waals surface area contributed by atoms with Gasteiger partial charge in [0.15, 0.2) is 0 Å². The number of hydrogen-bond acceptors (Lipinski definition) is 5. The second-order valence-corrected chi connectivity index (χ2v) is 3.28. The van der Waals surface area contributed by atoms with Crippen molar-refractivity contribution < 1.29 is 0 Å². The Kier molecular flexibility index (Phi) is 2.77. The van der Waals surface area contributed by atoms with E-state index in [0.29, 0.717) is 5.78 Å². The molecule has 0 radical (unpaired) electrons. The molecular weight excluding hydrogens is 192 g/mol. The number of fused-ring (bicyclic) bond motifs is 1. The summed E-state index contributed by atoms with van der Waals surface area (Å²) in [5.41, 5.74) is 0.933. The lowest BCUT2D eigenvalue weighted by atomic mass is 10.4. The van der Waals surface area contributed by atoms with Crippen molar-refractivity contribution in [3.8, 4) is 0 Å². The van der Waals surface area contributed by atoms with Crippen molar-refractivity contribution in [3.05, 3.63) is 18.1 Å². The molecule has 0 unspecified atom stereocenters. The van der Waals surface area contributed by atoms with Gasteiger partial charge in [0, 0.05) is 24.8 Å². The molecule has 2 aromatic rings. The summed E-state index contributed by atoms with van der Waals surface area (Å²) in [7, 11) is 1.92. The molecule has 0 amide bonds. The van der Waals surface area contributed by atoms with Crippen LogP contribution in [0.25, 0.3) is 5.78 Å². The molecule has 0 aliphatic carbocycles. The third kappa shape index (κ3) is 2.04. The highest BCUT2D eigenvalue weighted by atomic mass is 15.3. The molecule has 0 aliphatic heterocycles. The average Bonchev–Trinajstić information content (AvgIpc) is 2.65. The minimum atomic E-state index is 0.627. The van der Waals surface area contributed by atoms with Gasteiger partial charge in [-0.2, -0.15) is 14.6 Å². The third-order valence-corrected chi connectivity index (χ3v) is 2.06. The van der Waals surface area contributed by atoms with Gasteiger partial charge in [-0.15, -0.1) is 0 Å².